The zero-order chi connectivity index (χ0) is 14.0. The Morgan fingerprint density at radius 1 is 1.37 bits per heavy atom. The van der Waals surface area contributed by atoms with Crippen LogP contribution in [0.5, 0.6) is 0 Å². The zero-order valence-electron chi connectivity index (χ0n) is 9.94. The monoisotopic (exact) mass is 316 g/mol. The van der Waals surface area contributed by atoms with Crippen LogP contribution in [0, 0.1) is 6.92 Å². The standard InChI is InChI=1S/C13H10Cl2O3S/c1-7-8(5-11(18-7)13(16)17)6-19-12-9(14)3-2-4-10(12)15/h2-5H,6H2,1H3,(H,16,17). The molecule has 100 valence electrons. The number of benzene rings is 1. The fourth-order valence-electron chi connectivity index (χ4n) is 1.54. The maximum atomic E-state index is 10.8. The number of furan rings is 1. The lowest BCUT2D eigenvalue weighted by Gasteiger charge is -2.05. The number of carbonyl (C=O) groups is 1. The molecule has 0 unspecified atom stereocenters. The number of thioether (sulfide) groups is 1. The molecule has 0 bridgehead atoms. The molecular formula is C13H10Cl2O3S. The Morgan fingerprint density at radius 3 is 2.53 bits per heavy atom. The molecule has 3 nitrogen and oxygen atoms in total. The number of rotatable bonds is 4. The van der Waals surface area contributed by atoms with Crippen molar-refractivity contribution in [2.24, 2.45) is 0 Å². The van der Waals surface area contributed by atoms with Crippen molar-refractivity contribution in [2.45, 2.75) is 17.6 Å². The van der Waals surface area contributed by atoms with Crippen LogP contribution >= 0.6 is 35.0 Å². The van der Waals surface area contributed by atoms with E-state index >= 15 is 0 Å². The van der Waals surface area contributed by atoms with Gasteiger partial charge in [0.05, 0.1) is 10.0 Å². The van der Waals surface area contributed by atoms with Crippen molar-refractivity contribution in [2.75, 3.05) is 0 Å². The lowest BCUT2D eigenvalue weighted by Crippen LogP contribution is -1.91. The van der Waals surface area contributed by atoms with Crippen LogP contribution in [-0.4, -0.2) is 11.1 Å². The summed E-state index contributed by atoms with van der Waals surface area (Å²) in [6.45, 7) is 1.73. The van der Waals surface area contributed by atoms with Crippen molar-refractivity contribution < 1.29 is 14.3 Å². The third-order valence-corrected chi connectivity index (χ3v) is 4.56. The highest BCUT2D eigenvalue weighted by molar-refractivity contribution is 7.98. The van der Waals surface area contributed by atoms with Gasteiger partial charge in [0.1, 0.15) is 5.76 Å². The summed E-state index contributed by atoms with van der Waals surface area (Å²) in [6.07, 6.45) is 0. The van der Waals surface area contributed by atoms with Crippen molar-refractivity contribution in [1.29, 1.82) is 0 Å². The summed E-state index contributed by atoms with van der Waals surface area (Å²) in [5, 5.41) is 10.0. The highest BCUT2D eigenvalue weighted by Gasteiger charge is 2.14. The molecule has 0 saturated heterocycles. The van der Waals surface area contributed by atoms with Gasteiger partial charge >= 0.3 is 5.97 Å². The minimum Gasteiger partial charge on any atom is -0.475 e. The quantitative estimate of drug-likeness (QED) is 0.816. The Labute approximate surface area is 124 Å². The Bertz CT molecular complexity index is 602. The van der Waals surface area contributed by atoms with Gasteiger partial charge in [-0.05, 0) is 25.1 Å². The fourth-order valence-corrected chi connectivity index (χ4v) is 3.26. The van der Waals surface area contributed by atoms with Crippen LogP contribution in [0.3, 0.4) is 0 Å². The van der Waals surface area contributed by atoms with Gasteiger partial charge in [-0.2, -0.15) is 0 Å². The molecule has 0 aliphatic heterocycles. The maximum absolute atomic E-state index is 10.8. The van der Waals surface area contributed by atoms with Crippen LogP contribution < -0.4 is 0 Å². The van der Waals surface area contributed by atoms with Gasteiger partial charge in [-0.15, -0.1) is 11.8 Å². The second-order valence-electron chi connectivity index (χ2n) is 3.84. The van der Waals surface area contributed by atoms with Gasteiger partial charge in [0.15, 0.2) is 0 Å². The van der Waals surface area contributed by atoms with E-state index < -0.39 is 5.97 Å². The lowest BCUT2D eigenvalue weighted by atomic mass is 10.3. The molecule has 0 aliphatic rings. The molecule has 1 aromatic carbocycles. The Kier molecular flexibility index (Phi) is 4.45. The minimum absolute atomic E-state index is 0.0571. The second-order valence-corrected chi connectivity index (χ2v) is 5.64. The lowest BCUT2D eigenvalue weighted by molar-refractivity contribution is 0.0661. The van der Waals surface area contributed by atoms with E-state index in [4.69, 9.17) is 32.7 Å². The average Bonchev–Trinajstić information content (AvgIpc) is 2.70. The van der Waals surface area contributed by atoms with Gasteiger partial charge in [0, 0.05) is 16.2 Å². The van der Waals surface area contributed by atoms with Gasteiger partial charge in [0.2, 0.25) is 5.76 Å². The molecule has 1 aromatic heterocycles. The first-order chi connectivity index (χ1) is 8.99. The van der Waals surface area contributed by atoms with Crippen LogP contribution in [0.15, 0.2) is 33.6 Å². The average molecular weight is 317 g/mol. The molecule has 0 saturated carbocycles. The SMILES string of the molecule is Cc1oc(C(=O)O)cc1CSc1c(Cl)cccc1Cl. The van der Waals surface area contributed by atoms with Crippen LogP contribution in [0.1, 0.15) is 21.9 Å². The Balaban J connectivity index is 2.17. The first-order valence-corrected chi connectivity index (χ1v) is 7.12. The number of carboxylic acids is 1. The van der Waals surface area contributed by atoms with Crippen molar-refractivity contribution in [1.82, 2.24) is 0 Å². The van der Waals surface area contributed by atoms with Crippen LogP contribution in [-0.2, 0) is 5.75 Å². The topological polar surface area (TPSA) is 50.4 Å². The molecule has 0 fully saturated rings. The van der Waals surface area contributed by atoms with Crippen molar-refractivity contribution in [3.05, 3.63) is 51.4 Å². The zero-order valence-corrected chi connectivity index (χ0v) is 12.3. The summed E-state index contributed by atoms with van der Waals surface area (Å²) in [5.41, 5.74) is 0.818. The van der Waals surface area contributed by atoms with Gasteiger partial charge in [0.25, 0.3) is 0 Å². The van der Waals surface area contributed by atoms with Gasteiger partial charge in [-0.25, -0.2) is 4.79 Å². The third-order valence-electron chi connectivity index (χ3n) is 2.52. The fraction of sp³-hybridized carbons (Fsp3) is 0.154. The molecule has 1 heterocycles. The number of hydrogen-bond acceptors (Lipinski definition) is 3. The molecule has 0 spiro atoms. The van der Waals surface area contributed by atoms with Gasteiger partial charge < -0.3 is 9.52 Å². The third kappa shape index (κ3) is 3.26. The smallest absolute Gasteiger partial charge is 0.371 e. The van der Waals surface area contributed by atoms with Crippen LogP contribution in [0.4, 0.5) is 0 Å². The predicted molar refractivity (Wildman–Crippen MR) is 76.4 cm³/mol. The van der Waals surface area contributed by atoms with E-state index in [1.807, 2.05) is 0 Å². The molecule has 2 rings (SSSR count). The maximum Gasteiger partial charge on any atom is 0.371 e. The van der Waals surface area contributed by atoms with E-state index in [1.54, 1.807) is 25.1 Å². The summed E-state index contributed by atoms with van der Waals surface area (Å²) >= 11 is 13.6. The van der Waals surface area contributed by atoms with Crippen LogP contribution in [0.25, 0.3) is 0 Å². The number of hydrogen-bond donors (Lipinski definition) is 1. The number of halogens is 2. The van der Waals surface area contributed by atoms with E-state index in [0.717, 1.165) is 10.5 Å². The molecule has 6 heteroatoms. The molecule has 19 heavy (non-hydrogen) atoms. The predicted octanol–water partition coefficient (Wildman–Crippen LogP) is 4.89. The van der Waals surface area contributed by atoms with E-state index in [-0.39, 0.29) is 5.76 Å². The first-order valence-electron chi connectivity index (χ1n) is 5.38. The number of carboxylic acid groups (broad SMARTS) is 1. The normalized spacial score (nSPS) is 10.7. The summed E-state index contributed by atoms with van der Waals surface area (Å²) in [7, 11) is 0. The summed E-state index contributed by atoms with van der Waals surface area (Å²) in [4.78, 5) is 11.6. The molecule has 2 aromatic rings. The largest absolute Gasteiger partial charge is 0.475 e. The van der Waals surface area contributed by atoms with E-state index in [9.17, 15) is 4.79 Å². The highest BCUT2D eigenvalue weighted by atomic mass is 35.5. The molecule has 0 atom stereocenters. The van der Waals surface area contributed by atoms with E-state index in [2.05, 4.69) is 0 Å². The van der Waals surface area contributed by atoms with E-state index in [1.165, 1.54) is 17.8 Å². The molecule has 0 radical (unpaired) electrons. The number of aryl methyl sites for hydroxylation is 1. The summed E-state index contributed by atoms with van der Waals surface area (Å²) < 4.78 is 5.15. The molecular weight excluding hydrogens is 307 g/mol. The van der Waals surface area contributed by atoms with E-state index in [0.29, 0.717) is 21.6 Å². The van der Waals surface area contributed by atoms with Gasteiger partial charge in [-0.1, -0.05) is 29.3 Å². The summed E-state index contributed by atoms with van der Waals surface area (Å²) in [5.74, 6) is 0.00746. The van der Waals surface area contributed by atoms with Crippen molar-refractivity contribution >= 4 is 40.9 Å². The molecule has 0 amide bonds. The number of aromatic carboxylic acids is 1. The first kappa shape index (κ1) is 14.3. The van der Waals surface area contributed by atoms with Crippen LogP contribution in [0.2, 0.25) is 10.0 Å². The summed E-state index contributed by atoms with van der Waals surface area (Å²) in [6, 6.07) is 6.83. The molecule has 1 N–H and O–H groups in total. The molecule has 0 aliphatic carbocycles. The Hall–Kier alpha value is -1.10. The second kappa shape index (κ2) is 5.90. The minimum atomic E-state index is -1.07. The van der Waals surface area contributed by atoms with Crippen molar-refractivity contribution in [3.8, 4) is 0 Å². The Morgan fingerprint density at radius 2 is 2.00 bits per heavy atom. The van der Waals surface area contributed by atoms with Gasteiger partial charge in [-0.3, -0.25) is 0 Å². The highest BCUT2D eigenvalue weighted by Crippen LogP contribution is 2.36. The van der Waals surface area contributed by atoms with Crippen molar-refractivity contribution in [3.63, 3.8) is 0 Å².